The molecule has 1 aromatic heterocycles. The van der Waals surface area contributed by atoms with E-state index in [4.69, 9.17) is 5.11 Å². The maximum atomic E-state index is 11.0. The molecule has 0 amide bonds. The van der Waals surface area contributed by atoms with Crippen LogP contribution in [0.2, 0.25) is 0 Å². The summed E-state index contributed by atoms with van der Waals surface area (Å²) in [5.74, 6) is -0.407. The third-order valence-corrected chi connectivity index (χ3v) is 1.60. The lowest BCUT2D eigenvalue weighted by molar-refractivity contribution is 0.0600. The van der Waals surface area contributed by atoms with Gasteiger partial charge in [-0.15, -0.1) is 0 Å². The Morgan fingerprint density at radius 3 is 2.93 bits per heavy atom. The van der Waals surface area contributed by atoms with E-state index in [1.807, 2.05) is 0 Å². The smallest absolute Gasteiger partial charge is 0.339 e. The van der Waals surface area contributed by atoms with Crippen molar-refractivity contribution in [2.24, 2.45) is 0 Å². The minimum Gasteiger partial charge on any atom is -0.465 e. The van der Waals surface area contributed by atoms with Crippen LogP contribution in [0.15, 0.2) is 24.4 Å². The van der Waals surface area contributed by atoms with Crippen molar-refractivity contribution in [2.45, 2.75) is 0 Å². The zero-order valence-corrected chi connectivity index (χ0v) is 7.80. The van der Waals surface area contributed by atoms with Crippen LogP contribution in [0, 0.1) is 0 Å². The molecular formula is C10H11NO3. The van der Waals surface area contributed by atoms with Crippen molar-refractivity contribution in [3.8, 4) is 0 Å². The molecule has 0 spiro atoms. The molecule has 1 heterocycles. The molecule has 0 unspecified atom stereocenters. The van der Waals surface area contributed by atoms with Gasteiger partial charge in [-0.05, 0) is 18.2 Å². The molecule has 0 saturated carbocycles. The summed E-state index contributed by atoms with van der Waals surface area (Å²) >= 11 is 0. The van der Waals surface area contributed by atoms with Crippen molar-refractivity contribution in [1.82, 2.24) is 4.98 Å². The first-order valence-electron chi connectivity index (χ1n) is 4.09. The van der Waals surface area contributed by atoms with Gasteiger partial charge >= 0.3 is 5.97 Å². The monoisotopic (exact) mass is 193 g/mol. The summed E-state index contributed by atoms with van der Waals surface area (Å²) in [7, 11) is 1.32. The fraction of sp³-hybridized carbons (Fsp3) is 0.200. The molecule has 0 aliphatic heterocycles. The number of hydrogen-bond acceptors (Lipinski definition) is 4. The Morgan fingerprint density at radius 2 is 2.43 bits per heavy atom. The number of pyridine rings is 1. The summed E-state index contributed by atoms with van der Waals surface area (Å²) in [6.07, 6.45) is 4.67. The van der Waals surface area contributed by atoms with E-state index in [2.05, 4.69) is 9.72 Å². The van der Waals surface area contributed by atoms with Crippen molar-refractivity contribution in [2.75, 3.05) is 13.7 Å². The second kappa shape index (κ2) is 5.14. The van der Waals surface area contributed by atoms with Crippen LogP contribution in [-0.2, 0) is 4.74 Å². The number of methoxy groups -OCH3 is 1. The normalized spacial score (nSPS) is 10.4. The minimum absolute atomic E-state index is 0.0273. The van der Waals surface area contributed by atoms with Gasteiger partial charge < -0.3 is 9.84 Å². The molecule has 1 rings (SSSR count). The predicted octanol–water partition coefficient (Wildman–Crippen LogP) is 0.874. The highest BCUT2D eigenvalue weighted by Gasteiger charge is 2.03. The maximum Gasteiger partial charge on any atom is 0.339 e. The number of ether oxygens (including phenoxy) is 1. The van der Waals surface area contributed by atoms with Gasteiger partial charge in [0.25, 0.3) is 0 Å². The average molecular weight is 193 g/mol. The lowest BCUT2D eigenvalue weighted by Gasteiger charge is -1.98. The molecule has 4 nitrogen and oxygen atoms in total. The summed E-state index contributed by atoms with van der Waals surface area (Å²) in [4.78, 5) is 15.0. The summed E-state index contributed by atoms with van der Waals surface area (Å²) < 4.78 is 4.52. The molecule has 14 heavy (non-hydrogen) atoms. The molecule has 0 aromatic carbocycles. The topological polar surface area (TPSA) is 59.4 Å². The number of carbonyl (C=O) groups is 1. The molecule has 4 heteroatoms. The average Bonchev–Trinajstić information content (AvgIpc) is 2.26. The highest BCUT2D eigenvalue weighted by atomic mass is 16.5. The first-order chi connectivity index (χ1) is 6.77. The summed E-state index contributed by atoms with van der Waals surface area (Å²) in [5, 5.41) is 8.52. The number of esters is 1. The van der Waals surface area contributed by atoms with E-state index in [9.17, 15) is 4.79 Å². The fourth-order valence-electron chi connectivity index (χ4n) is 0.916. The van der Waals surface area contributed by atoms with Gasteiger partial charge in [0.05, 0.1) is 25.0 Å². The minimum atomic E-state index is -0.407. The fourth-order valence-corrected chi connectivity index (χ4v) is 0.916. The Hall–Kier alpha value is -1.68. The van der Waals surface area contributed by atoms with Crippen LogP contribution in [0.4, 0.5) is 0 Å². The van der Waals surface area contributed by atoms with E-state index in [1.165, 1.54) is 13.3 Å². The van der Waals surface area contributed by atoms with Crippen LogP contribution < -0.4 is 0 Å². The highest BCUT2D eigenvalue weighted by Crippen LogP contribution is 2.03. The first-order valence-corrected chi connectivity index (χ1v) is 4.09. The zero-order chi connectivity index (χ0) is 10.4. The SMILES string of the molecule is COC(=O)c1ccc(C=CCO)nc1. The zero-order valence-electron chi connectivity index (χ0n) is 7.80. The third-order valence-electron chi connectivity index (χ3n) is 1.60. The number of carbonyl (C=O) groups excluding carboxylic acids is 1. The van der Waals surface area contributed by atoms with Crippen molar-refractivity contribution in [1.29, 1.82) is 0 Å². The van der Waals surface area contributed by atoms with E-state index in [0.717, 1.165) is 0 Å². The second-order valence-corrected chi connectivity index (χ2v) is 2.55. The third kappa shape index (κ3) is 2.67. The largest absolute Gasteiger partial charge is 0.465 e. The van der Waals surface area contributed by atoms with E-state index in [-0.39, 0.29) is 6.61 Å². The Bertz CT molecular complexity index is 330. The Kier molecular flexibility index (Phi) is 3.82. The van der Waals surface area contributed by atoms with Gasteiger partial charge in [-0.1, -0.05) is 6.08 Å². The Balaban J connectivity index is 2.78. The Morgan fingerprint density at radius 1 is 1.64 bits per heavy atom. The van der Waals surface area contributed by atoms with Gasteiger partial charge in [-0.25, -0.2) is 4.79 Å². The standard InChI is InChI=1S/C10H11NO3/c1-14-10(13)8-4-5-9(11-7-8)3-2-6-12/h2-5,7,12H,6H2,1H3. The number of aromatic nitrogens is 1. The van der Waals surface area contributed by atoms with Crippen LogP contribution in [0.5, 0.6) is 0 Å². The number of nitrogens with zero attached hydrogens (tertiary/aromatic N) is 1. The molecule has 0 aliphatic rings. The second-order valence-electron chi connectivity index (χ2n) is 2.55. The van der Waals surface area contributed by atoms with Crippen LogP contribution in [0.3, 0.4) is 0 Å². The van der Waals surface area contributed by atoms with Crippen LogP contribution >= 0.6 is 0 Å². The molecule has 0 atom stereocenters. The van der Waals surface area contributed by atoms with Crippen LogP contribution in [0.1, 0.15) is 16.1 Å². The summed E-state index contributed by atoms with van der Waals surface area (Å²) in [5.41, 5.74) is 1.10. The Labute approximate surface area is 81.9 Å². The van der Waals surface area contributed by atoms with Crippen molar-refractivity contribution >= 4 is 12.0 Å². The molecule has 0 bridgehead atoms. The van der Waals surface area contributed by atoms with E-state index in [0.29, 0.717) is 11.3 Å². The van der Waals surface area contributed by atoms with E-state index >= 15 is 0 Å². The summed E-state index contributed by atoms with van der Waals surface area (Å²) in [6.45, 7) is -0.0273. The van der Waals surface area contributed by atoms with E-state index < -0.39 is 5.97 Å². The van der Waals surface area contributed by atoms with Crippen molar-refractivity contribution < 1.29 is 14.6 Å². The molecule has 74 valence electrons. The molecular weight excluding hydrogens is 182 g/mol. The van der Waals surface area contributed by atoms with Crippen molar-refractivity contribution in [3.63, 3.8) is 0 Å². The molecule has 1 N–H and O–H groups in total. The number of aliphatic hydroxyl groups excluding tert-OH is 1. The molecule has 0 radical (unpaired) electrons. The van der Waals surface area contributed by atoms with Gasteiger partial charge in [-0.3, -0.25) is 4.98 Å². The lowest BCUT2D eigenvalue weighted by Crippen LogP contribution is -2.01. The molecule has 1 aromatic rings. The number of aliphatic hydroxyl groups is 1. The predicted molar refractivity (Wildman–Crippen MR) is 51.7 cm³/mol. The van der Waals surface area contributed by atoms with E-state index in [1.54, 1.807) is 24.3 Å². The van der Waals surface area contributed by atoms with Gasteiger partial charge in [-0.2, -0.15) is 0 Å². The quantitative estimate of drug-likeness (QED) is 0.724. The molecule has 0 fully saturated rings. The lowest BCUT2D eigenvalue weighted by atomic mass is 10.2. The highest BCUT2D eigenvalue weighted by molar-refractivity contribution is 5.88. The first kappa shape index (κ1) is 10.4. The summed E-state index contributed by atoms with van der Waals surface area (Å²) in [6, 6.07) is 3.30. The van der Waals surface area contributed by atoms with Crippen molar-refractivity contribution in [3.05, 3.63) is 35.7 Å². The molecule has 0 saturated heterocycles. The van der Waals surface area contributed by atoms with Gasteiger partial charge in [0, 0.05) is 6.20 Å². The number of rotatable bonds is 3. The van der Waals surface area contributed by atoms with Crippen LogP contribution in [0.25, 0.3) is 6.08 Å². The number of hydrogen-bond donors (Lipinski definition) is 1. The van der Waals surface area contributed by atoms with Gasteiger partial charge in [0.15, 0.2) is 0 Å². The maximum absolute atomic E-state index is 11.0. The van der Waals surface area contributed by atoms with Gasteiger partial charge in [0.2, 0.25) is 0 Å². The van der Waals surface area contributed by atoms with Gasteiger partial charge in [0.1, 0.15) is 0 Å². The van der Waals surface area contributed by atoms with Crippen LogP contribution in [-0.4, -0.2) is 29.8 Å². The molecule has 0 aliphatic carbocycles.